The van der Waals surface area contributed by atoms with Crippen molar-refractivity contribution in [3.05, 3.63) is 0 Å². The van der Waals surface area contributed by atoms with Crippen LogP contribution < -0.4 is 21.3 Å². The highest BCUT2D eigenvalue weighted by Gasteiger charge is 2.59. The molecule has 7 fully saturated rings. The number of aliphatic hydroxyl groups excluding tert-OH is 19. The van der Waals surface area contributed by atoms with E-state index in [4.69, 9.17) is 61.6 Å². The quantitative estimate of drug-likeness (QED) is 0.0452. The van der Waals surface area contributed by atoms with Crippen LogP contribution in [0.2, 0.25) is 0 Å². The summed E-state index contributed by atoms with van der Waals surface area (Å²) in [5.41, 5.74) is 0. The highest BCUT2D eigenvalue weighted by molar-refractivity contribution is 5.74. The Morgan fingerprint density at radius 2 is 0.589 bits per heavy atom. The number of carbonyl (C=O) groups excluding carboxylic acids is 4. The molecule has 7 saturated heterocycles. The van der Waals surface area contributed by atoms with Gasteiger partial charge in [0.15, 0.2) is 44.0 Å². The molecule has 1 unspecified atom stereocenters. The molecule has 0 aromatic rings. The van der Waals surface area contributed by atoms with E-state index in [1.807, 2.05) is 0 Å². The van der Waals surface area contributed by atoms with Crippen molar-refractivity contribution in [3.63, 3.8) is 0 Å². The maximum absolute atomic E-state index is 12.8. The summed E-state index contributed by atoms with van der Waals surface area (Å²) in [7, 11) is 0. The second-order valence-electron chi connectivity index (χ2n) is 22.5. The van der Waals surface area contributed by atoms with Crippen LogP contribution in [-0.4, -0.2) is 382 Å². The predicted octanol–water partition coefficient (Wildman–Crippen LogP) is -15.7. The molecule has 0 saturated carbocycles. The molecular weight excluding hydrogens is 1230 g/mol. The Balaban J connectivity index is 1.22. The summed E-state index contributed by atoms with van der Waals surface area (Å²) >= 11 is 0. The minimum Gasteiger partial charge on any atom is -0.394 e. The lowest BCUT2D eigenvalue weighted by molar-refractivity contribution is -0.395. The van der Waals surface area contributed by atoms with Gasteiger partial charge >= 0.3 is 0 Å². The van der Waals surface area contributed by atoms with E-state index < -0.39 is 285 Å². The van der Waals surface area contributed by atoms with Crippen molar-refractivity contribution in [1.29, 1.82) is 0 Å². The van der Waals surface area contributed by atoms with Crippen molar-refractivity contribution in [1.82, 2.24) is 21.3 Å². The SMILES string of the molecule is CC(=O)N[C@H]1[C@H](O[C@H]2[C@H](O)[C@@H](NC(C)=O)C(O)O[C@@H]2CO)O[C@H](CO)[C@@H](O[C@@H]2O[C@H](CO[C@H]3O[C@H](CO)[C@@H](O)[C@H](O[C@@H]4O[C@H](CO)[C@@H](O)[C@H](O)[C@H]4NC(C)=O)[C@@H]3O)[C@@H](O)[C@H](O[C@H]3O[C@H](CO)[C@@H](O)[C@H](O)[C@@H]3O[C@@H]3O[C@H](CO)[C@@H](O)[C@H](O)[C@H]3NC(C)=O)[C@@H]2O)[C@@H]1O. The molecule has 7 heterocycles. The van der Waals surface area contributed by atoms with Gasteiger partial charge in [0.2, 0.25) is 23.6 Å². The van der Waals surface area contributed by atoms with Gasteiger partial charge in [-0.05, 0) is 0 Å². The molecule has 23 N–H and O–H groups in total. The fraction of sp³-hybridized carbons (Fsp3) is 0.920. The topological polar surface area (TPSA) is 621 Å². The smallest absolute Gasteiger partial charge is 0.217 e. The lowest BCUT2D eigenvalue weighted by atomic mass is 9.93. The minimum absolute atomic E-state index is 0.749. The van der Waals surface area contributed by atoms with Crippen LogP contribution in [0.4, 0.5) is 0 Å². The van der Waals surface area contributed by atoms with Crippen LogP contribution >= 0.6 is 0 Å². The molecule has 0 aliphatic carbocycles. The molecule has 90 heavy (non-hydrogen) atoms. The van der Waals surface area contributed by atoms with Crippen LogP contribution in [0.25, 0.3) is 0 Å². The van der Waals surface area contributed by atoms with Crippen molar-refractivity contribution < 1.29 is 178 Å². The lowest BCUT2D eigenvalue weighted by Gasteiger charge is -2.51. The van der Waals surface area contributed by atoms with E-state index in [9.17, 15) is 116 Å². The van der Waals surface area contributed by atoms with Crippen LogP contribution in [0.1, 0.15) is 27.7 Å². The number of hydrogen-bond acceptors (Lipinski definition) is 36. The van der Waals surface area contributed by atoms with Gasteiger partial charge in [-0.3, -0.25) is 19.2 Å². The van der Waals surface area contributed by atoms with Crippen LogP contribution in [0.15, 0.2) is 0 Å². The van der Waals surface area contributed by atoms with Gasteiger partial charge in [0.1, 0.15) is 171 Å². The van der Waals surface area contributed by atoms with Gasteiger partial charge < -0.3 is 180 Å². The molecule has 0 bridgehead atoms. The summed E-state index contributed by atoms with van der Waals surface area (Å²) in [6.07, 6.45) is -61.5. The molecular formula is C50H84N4O36. The van der Waals surface area contributed by atoms with Crippen LogP contribution in [0.3, 0.4) is 0 Å². The first kappa shape index (κ1) is 74.0. The Bertz CT molecular complexity index is 2310. The highest BCUT2D eigenvalue weighted by atomic mass is 16.8. The monoisotopic (exact) mass is 1320 g/mol. The third-order valence-electron chi connectivity index (χ3n) is 16.1. The fourth-order valence-corrected chi connectivity index (χ4v) is 11.5. The second kappa shape index (κ2) is 32.4. The number of amides is 4. The normalized spacial score (nSPS) is 47.6. The zero-order valence-electron chi connectivity index (χ0n) is 48.6. The Morgan fingerprint density at radius 3 is 1.04 bits per heavy atom. The van der Waals surface area contributed by atoms with Gasteiger partial charge in [-0.15, -0.1) is 0 Å². The van der Waals surface area contributed by atoms with Crippen molar-refractivity contribution in [2.75, 3.05) is 46.2 Å². The average Bonchev–Trinajstić information content (AvgIpc) is 0.991. The van der Waals surface area contributed by atoms with E-state index >= 15 is 0 Å². The van der Waals surface area contributed by atoms with E-state index in [0.717, 1.165) is 27.7 Å². The van der Waals surface area contributed by atoms with Crippen molar-refractivity contribution in [2.24, 2.45) is 0 Å². The first-order chi connectivity index (χ1) is 42.5. The Kier molecular flexibility index (Phi) is 26.6. The van der Waals surface area contributed by atoms with Crippen molar-refractivity contribution in [2.45, 2.75) is 242 Å². The third kappa shape index (κ3) is 16.4. The maximum Gasteiger partial charge on any atom is 0.217 e. The Labute approximate surface area is 510 Å². The van der Waals surface area contributed by atoms with Gasteiger partial charge in [-0.2, -0.15) is 0 Å². The number of ether oxygens (including phenoxy) is 13. The molecule has 0 radical (unpaired) electrons. The summed E-state index contributed by atoms with van der Waals surface area (Å²) in [4.78, 5) is 49.4. The molecule has 40 heteroatoms. The fourth-order valence-electron chi connectivity index (χ4n) is 11.5. The van der Waals surface area contributed by atoms with Crippen LogP contribution in [0, 0.1) is 0 Å². The van der Waals surface area contributed by atoms with Gasteiger partial charge in [-0.25, -0.2) is 0 Å². The zero-order valence-corrected chi connectivity index (χ0v) is 48.6. The lowest BCUT2D eigenvalue weighted by Crippen LogP contribution is -2.70. The number of carbonyl (C=O) groups is 4. The predicted molar refractivity (Wildman–Crippen MR) is 278 cm³/mol. The molecule has 0 aromatic carbocycles. The van der Waals surface area contributed by atoms with E-state index in [-0.39, 0.29) is 0 Å². The first-order valence-electron chi connectivity index (χ1n) is 28.6. The summed E-state index contributed by atoms with van der Waals surface area (Å²) in [6, 6.07) is -6.79. The molecule has 35 atom stereocenters. The summed E-state index contributed by atoms with van der Waals surface area (Å²) in [6.45, 7) is -3.08. The van der Waals surface area contributed by atoms with Crippen molar-refractivity contribution in [3.8, 4) is 0 Å². The maximum atomic E-state index is 12.8. The minimum atomic E-state index is -2.44. The van der Waals surface area contributed by atoms with E-state index in [1.165, 1.54) is 0 Å². The number of hydrogen-bond donors (Lipinski definition) is 23. The van der Waals surface area contributed by atoms with Gasteiger partial charge in [0, 0.05) is 27.7 Å². The van der Waals surface area contributed by atoms with Gasteiger partial charge in [-0.1, -0.05) is 0 Å². The number of rotatable bonds is 23. The molecule has 4 amide bonds. The van der Waals surface area contributed by atoms with E-state index in [0.29, 0.717) is 0 Å². The van der Waals surface area contributed by atoms with Crippen molar-refractivity contribution >= 4 is 23.6 Å². The molecule has 520 valence electrons. The molecule has 7 rings (SSSR count). The summed E-state index contributed by atoms with van der Waals surface area (Å²) in [5, 5.41) is 218. The molecule has 7 aliphatic rings. The van der Waals surface area contributed by atoms with Crippen LogP contribution in [0.5, 0.6) is 0 Å². The third-order valence-corrected chi connectivity index (χ3v) is 16.1. The average molecular weight is 1320 g/mol. The molecule has 0 spiro atoms. The Morgan fingerprint density at radius 1 is 0.289 bits per heavy atom. The van der Waals surface area contributed by atoms with Crippen LogP contribution in [-0.2, 0) is 80.8 Å². The molecule has 0 aromatic heterocycles. The highest BCUT2D eigenvalue weighted by Crippen LogP contribution is 2.38. The molecule has 7 aliphatic heterocycles. The van der Waals surface area contributed by atoms with Gasteiger partial charge in [0.05, 0.1) is 46.2 Å². The van der Waals surface area contributed by atoms with E-state index in [1.54, 1.807) is 0 Å². The molecule has 40 nitrogen and oxygen atoms in total. The summed E-state index contributed by atoms with van der Waals surface area (Å²) in [5.74, 6) is -3.25. The van der Waals surface area contributed by atoms with Gasteiger partial charge in [0.25, 0.3) is 0 Å². The largest absolute Gasteiger partial charge is 0.394 e. The number of aliphatic hydroxyl groups is 19. The van der Waals surface area contributed by atoms with E-state index in [2.05, 4.69) is 21.3 Å². The first-order valence-corrected chi connectivity index (χ1v) is 28.6. The Hall–Kier alpha value is -3.40. The standard InChI is InChI=1S/C50H84N4O36/c1-12(61)51-23-34(72)39(20(9-59)79-44(23)77)86-47-26(54-15(4)64)35(73)40(21(10-60)84-47)87-49-38(76)42(89-50-43(36(74)29(67)18(7-57)83-50)90-46-25(53-14(3)63)33(71)28(66)17(6-56)81-46)31(69)22(85-49)11-78-48-37(75)41(30(68)19(8-58)82-48)88-45-24(52-13(2)62)32(70)27(65)16(5-55)80-45/h16-50,55-60,65-77H,5-11H2,1-4H3,(H,51,61)(H,52,62)(H,53,63)(H,54,64)/t16-,17-,18-,19-,20-,21-,22-,23-,24-,25-,26-,27-,28-,29-,30-,31-,32-,33-,34-,35-,36+,37+,38+,39-,40-,41+,42+,43+,44?,45+,46+,47+,48+,49+,50-/m1/s1. The summed E-state index contributed by atoms with van der Waals surface area (Å²) < 4.78 is 76.2. The zero-order chi connectivity index (χ0) is 66.5. The number of nitrogens with one attached hydrogen (secondary N) is 4. The second-order valence-corrected chi connectivity index (χ2v) is 22.5.